The van der Waals surface area contributed by atoms with E-state index in [0.29, 0.717) is 26.4 Å². The highest BCUT2D eigenvalue weighted by Crippen LogP contribution is 2.32. The van der Waals surface area contributed by atoms with Crippen molar-refractivity contribution in [3.8, 4) is 11.3 Å². The number of halogens is 2. The maximum absolute atomic E-state index is 12.4. The summed E-state index contributed by atoms with van der Waals surface area (Å²) in [6.45, 7) is 0. The number of fused-ring (bicyclic) bond motifs is 1. The van der Waals surface area contributed by atoms with Gasteiger partial charge in [-0.1, -0.05) is 23.2 Å². The van der Waals surface area contributed by atoms with Crippen LogP contribution in [0.15, 0.2) is 47.3 Å². The van der Waals surface area contributed by atoms with Gasteiger partial charge in [0.1, 0.15) is 0 Å². The van der Waals surface area contributed by atoms with E-state index in [9.17, 15) is 4.79 Å². The Morgan fingerprint density at radius 3 is 2.80 bits per heavy atom. The minimum Gasteiger partial charge on any atom is -0.298 e. The summed E-state index contributed by atoms with van der Waals surface area (Å²) in [5.74, 6) is -0.210. The van der Waals surface area contributed by atoms with Crippen molar-refractivity contribution in [2.45, 2.75) is 0 Å². The van der Waals surface area contributed by atoms with Gasteiger partial charge in [-0.15, -0.1) is 22.7 Å². The first-order chi connectivity index (χ1) is 12.1. The molecule has 0 atom stereocenters. The maximum Gasteiger partial charge on any atom is 0.257 e. The summed E-state index contributed by atoms with van der Waals surface area (Å²) >= 11 is 15.0. The molecule has 0 radical (unpaired) electrons. The third-order valence-electron chi connectivity index (χ3n) is 3.53. The van der Waals surface area contributed by atoms with Gasteiger partial charge in [0.05, 0.1) is 26.4 Å². The number of carbonyl (C=O) groups is 1. The summed E-state index contributed by atoms with van der Waals surface area (Å²) in [7, 11) is 0. The largest absolute Gasteiger partial charge is 0.298 e. The van der Waals surface area contributed by atoms with E-state index in [2.05, 4.69) is 15.3 Å². The number of nitrogens with zero attached hydrogens (tertiary/aromatic N) is 2. The lowest BCUT2D eigenvalue weighted by Gasteiger charge is -2.02. The number of carbonyl (C=O) groups excluding carboxylic acids is 1. The first kappa shape index (κ1) is 16.5. The van der Waals surface area contributed by atoms with Gasteiger partial charge < -0.3 is 0 Å². The average Bonchev–Trinajstić information content (AvgIpc) is 3.23. The number of benzene rings is 2. The predicted molar refractivity (Wildman–Crippen MR) is 105 cm³/mol. The molecule has 0 aliphatic carbocycles. The molecule has 0 saturated heterocycles. The van der Waals surface area contributed by atoms with Gasteiger partial charge in [0.2, 0.25) is 0 Å². The van der Waals surface area contributed by atoms with Gasteiger partial charge in [0.25, 0.3) is 5.91 Å². The van der Waals surface area contributed by atoms with Crippen molar-refractivity contribution >= 4 is 67.1 Å². The Bertz CT molecular complexity index is 1090. The Morgan fingerprint density at radius 1 is 1.08 bits per heavy atom. The van der Waals surface area contributed by atoms with Crippen LogP contribution in [0.4, 0.5) is 5.13 Å². The van der Waals surface area contributed by atoms with Gasteiger partial charge in [-0.3, -0.25) is 10.1 Å². The van der Waals surface area contributed by atoms with E-state index in [0.717, 1.165) is 15.8 Å². The fourth-order valence-electron chi connectivity index (χ4n) is 2.32. The van der Waals surface area contributed by atoms with Crippen LogP contribution < -0.4 is 5.32 Å². The fraction of sp³-hybridized carbons (Fsp3) is 0. The van der Waals surface area contributed by atoms with Crippen LogP contribution in [0.2, 0.25) is 10.0 Å². The second kappa shape index (κ2) is 6.72. The molecule has 2 aromatic carbocycles. The van der Waals surface area contributed by atoms with Crippen molar-refractivity contribution < 1.29 is 4.79 Å². The Balaban J connectivity index is 1.56. The second-order valence-electron chi connectivity index (χ2n) is 5.15. The van der Waals surface area contributed by atoms with Crippen LogP contribution in [-0.4, -0.2) is 15.9 Å². The molecule has 4 rings (SSSR count). The summed E-state index contributed by atoms with van der Waals surface area (Å²) in [6.07, 6.45) is 0. The molecule has 1 N–H and O–H groups in total. The summed E-state index contributed by atoms with van der Waals surface area (Å²) < 4.78 is 0.973. The van der Waals surface area contributed by atoms with Crippen molar-refractivity contribution in [3.05, 3.63) is 62.9 Å². The van der Waals surface area contributed by atoms with E-state index in [1.807, 2.05) is 23.6 Å². The number of hydrogen-bond donors (Lipinski definition) is 1. The van der Waals surface area contributed by atoms with Crippen molar-refractivity contribution in [1.82, 2.24) is 9.97 Å². The lowest BCUT2D eigenvalue weighted by Crippen LogP contribution is -2.11. The third kappa shape index (κ3) is 3.39. The number of aromatic nitrogens is 2. The topological polar surface area (TPSA) is 54.9 Å². The summed E-state index contributed by atoms with van der Waals surface area (Å²) in [6, 6.07) is 10.6. The molecule has 2 aromatic heterocycles. The van der Waals surface area contributed by atoms with E-state index >= 15 is 0 Å². The molecule has 0 unspecified atom stereocenters. The molecule has 0 saturated carbocycles. The highest BCUT2D eigenvalue weighted by atomic mass is 35.5. The highest BCUT2D eigenvalue weighted by Gasteiger charge is 2.13. The zero-order chi connectivity index (χ0) is 17.4. The maximum atomic E-state index is 12.4. The van der Waals surface area contributed by atoms with Gasteiger partial charge in [-0.2, -0.15) is 0 Å². The predicted octanol–water partition coefficient (Wildman–Crippen LogP) is 5.98. The molecule has 2 heterocycles. The Morgan fingerprint density at radius 2 is 1.96 bits per heavy atom. The normalized spacial score (nSPS) is 11.0. The van der Waals surface area contributed by atoms with Gasteiger partial charge >= 0.3 is 0 Å². The lowest BCUT2D eigenvalue weighted by molar-refractivity contribution is 0.102. The minimum absolute atomic E-state index is 0.210. The number of thiazole rings is 2. The number of hydrogen-bond acceptors (Lipinski definition) is 5. The van der Waals surface area contributed by atoms with Crippen LogP contribution in [-0.2, 0) is 0 Å². The lowest BCUT2D eigenvalue weighted by atomic mass is 10.2. The smallest absolute Gasteiger partial charge is 0.257 e. The molecule has 8 heteroatoms. The number of anilines is 1. The van der Waals surface area contributed by atoms with Crippen LogP contribution in [0.3, 0.4) is 0 Å². The molecular formula is C17H9Cl2N3OS2. The van der Waals surface area contributed by atoms with Crippen LogP contribution >= 0.6 is 45.9 Å². The van der Waals surface area contributed by atoms with Crippen molar-refractivity contribution in [2.75, 3.05) is 5.32 Å². The molecule has 1 amide bonds. The minimum atomic E-state index is -0.210. The molecule has 4 nitrogen and oxygen atoms in total. The SMILES string of the molecule is O=C(Nc1nc(-c2ccc(Cl)cc2Cl)cs1)c1ccc2ncsc2c1. The first-order valence-electron chi connectivity index (χ1n) is 7.16. The molecule has 124 valence electrons. The van der Waals surface area contributed by atoms with Crippen LogP contribution in [0.25, 0.3) is 21.5 Å². The molecule has 0 aliphatic rings. The van der Waals surface area contributed by atoms with E-state index in [1.165, 1.54) is 22.7 Å². The monoisotopic (exact) mass is 405 g/mol. The Kier molecular flexibility index (Phi) is 4.43. The van der Waals surface area contributed by atoms with E-state index in [1.54, 1.807) is 23.7 Å². The quantitative estimate of drug-likeness (QED) is 0.455. The first-order valence-corrected chi connectivity index (χ1v) is 9.67. The van der Waals surface area contributed by atoms with Crippen LogP contribution in [0, 0.1) is 0 Å². The number of nitrogens with one attached hydrogen (secondary N) is 1. The van der Waals surface area contributed by atoms with Crippen LogP contribution in [0.5, 0.6) is 0 Å². The molecule has 4 aromatic rings. The average molecular weight is 406 g/mol. The second-order valence-corrected chi connectivity index (χ2v) is 7.74. The fourth-order valence-corrected chi connectivity index (χ4v) is 4.24. The van der Waals surface area contributed by atoms with Crippen molar-refractivity contribution in [2.24, 2.45) is 0 Å². The number of rotatable bonds is 3. The van der Waals surface area contributed by atoms with Gasteiger partial charge in [0, 0.05) is 21.5 Å². The Labute approximate surface area is 161 Å². The van der Waals surface area contributed by atoms with Gasteiger partial charge in [-0.05, 0) is 36.4 Å². The standard InChI is InChI=1S/C17H9Cl2N3OS2/c18-10-2-3-11(12(19)6-10)14-7-24-17(21-14)22-16(23)9-1-4-13-15(5-9)25-8-20-13/h1-8H,(H,21,22,23). The van der Waals surface area contributed by atoms with E-state index in [4.69, 9.17) is 23.2 Å². The highest BCUT2D eigenvalue weighted by molar-refractivity contribution is 7.16. The van der Waals surface area contributed by atoms with E-state index in [-0.39, 0.29) is 5.91 Å². The Hall–Kier alpha value is -1.99. The van der Waals surface area contributed by atoms with E-state index < -0.39 is 0 Å². The molecular weight excluding hydrogens is 397 g/mol. The third-order valence-corrected chi connectivity index (χ3v) is 5.62. The molecule has 0 spiro atoms. The van der Waals surface area contributed by atoms with Gasteiger partial charge in [0.15, 0.2) is 5.13 Å². The molecule has 0 bridgehead atoms. The molecule has 25 heavy (non-hydrogen) atoms. The van der Waals surface area contributed by atoms with Gasteiger partial charge in [-0.25, -0.2) is 9.97 Å². The number of amides is 1. The zero-order valence-corrected chi connectivity index (χ0v) is 15.6. The summed E-state index contributed by atoms with van der Waals surface area (Å²) in [5.41, 5.74) is 4.68. The van der Waals surface area contributed by atoms with Crippen LogP contribution in [0.1, 0.15) is 10.4 Å². The molecule has 0 fully saturated rings. The summed E-state index contributed by atoms with van der Waals surface area (Å²) in [5, 5.41) is 6.26. The summed E-state index contributed by atoms with van der Waals surface area (Å²) in [4.78, 5) is 21.1. The van der Waals surface area contributed by atoms with Crippen molar-refractivity contribution in [3.63, 3.8) is 0 Å². The zero-order valence-electron chi connectivity index (χ0n) is 12.5. The van der Waals surface area contributed by atoms with Crippen molar-refractivity contribution in [1.29, 1.82) is 0 Å². The molecule has 0 aliphatic heterocycles.